The molecule has 0 radical (unpaired) electrons. The first-order chi connectivity index (χ1) is 13.4. The molecular weight excluding hydrogens is 356 g/mol. The van der Waals surface area contributed by atoms with Gasteiger partial charge in [0.1, 0.15) is 0 Å². The fraction of sp³-hybridized carbons (Fsp3) is 0.905. The molecule has 0 aromatic rings. The Morgan fingerprint density at radius 2 is 1.79 bits per heavy atom. The highest BCUT2D eigenvalue weighted by Gasteiger charge is 2.27. The van der Waals surface area contributed by atoms with Gasteiger partial charge in [0.2, 0.25) is 5.91 Å². The standard InChI is InChI=1S/C21H40N4O3/c1-5-17(6-2)20(26)25-9-7-18(8-10-25)23-21(27)22-13-19-15-24(11-12-28-19)14-16(3)4/h16-19H,5-15H2,1-4H3,(H2,22,23,27). The lowest BCUT2D eigenvalue weighted by Gasteiger charge is -2.35. The highest BCUT2D eigenvalue weighted by Crippen LogP contribution is 2.17. The van der Waals surface area contributed by atoms with Crippen LogP contribution in [-0.2, 0) is 9.53 Å². The zero-order valence-corrected chi connectivity index (χ0v) is 18.2. The average Bonchev–Trinajstić information content (AvgIpc) is 2.67. The van der Waals surface area contributed by atoms with Gasteiger partial charge in [0.15, 0.2) is 0 Å². The summed E-state index contributed by atoms with van der Waals surface area (Å²) < 4.78 is 5.79. The van der Waals surface area contributed by atoms with E-state index in [4.69, 9.17) is 4.74 Å². The summed E-state index contributed by atoms with van der Waals surface area (Å²) in [6, 6.07) is 0.00446. The van der Waals surface area contributed by atoms with Crippen molar-refractivity contribution in [3.05, 3.63) is 0 Å². The van der Waals surface area contributed by atoms with Crippen molar-refractivity contribution in [3.63, 3.8) is 0 Å². The molecule has 2 N–H and O–H groups in total. The number of hydrogen-bond acceptors (Lipinski definition) is 4. The first-order valence-corrected chi connectivity index (χ1v) is 11.1. The van der Waals surface area contributed by atoms with E-state index >= 15 is 0 Å². The second-order valence-electron chi connectivity index (χ2n) is 8.61. The zero-order valence-electron chi connectivity index (χ0n) is 18.2. The van der Waals surface area contributed by atoms with Crippen LogP contribution >= 0.6 is 0 Å². The van der Waals surface area contributed by atoms with Gasteiger partial charge in [0.05, 0.1) is 12.7 Å². The second-order valence-corrected chi connectivity index (χ2v) is 8.61. The van der Waals surface area contributed by atoms with Crippen LogP contribution in [0.4, 0.5) is 4.79 Å². The fourth-order valence-electron chi connectivity index (χ4n) is 4.17. The summed E-state index contributed by atoms with van der Waals surface area (Å²) >= 11 is 0. The van der Waals surface area contributed by atoms with Crippen molar-refractivity contribution in [2.45, 2.75) is 65.5 Å². The predicted octanol–water partition coefficient (Wildman–Crippen LogP) is 2.07. The van der Waals surface area contributed by atoms with Gasteiger partial charge in [0, 0.05) is 51.2 Å². The van der Waals surface area contributed by atoms with E-state index in [0.717, 1.165) is 65.0 Å². The Hall–Kier alpha value is -1.34. The van der Waals surface area contributed by atoms with Crippen LogP contribution in [0.5, 0.6) is 0 Å². The Balaban J connectivity index is 1.65. The van der Waals surface area contributed by atoms with Crippen molar-refractivity contribution in [2.24, 2.45) is 11.8 Å². The molecule has 1 atom stereocenters. The van der Waals surface area contributed by atoms with Crippen LogP contribution < -0.4 is 10.6 Å². The number of carbonyl (C=O) groups excluding carboxylic acids is 2. The first-order valence-electron chi connectivity index (χ1n) is 11.1. The van der Waals surface area contributed by atoms with E-state index in [-0.39, 0.29) is 30.0 Å². The summed E-state index contributed by atoms with van der Waals surface area (Å²) in [5.74, 6) is 1.05. The Morgan fingerprint density at radius 3 is 2.39 bits per heavy atom. The topological polar surface area (TPSA) is 73.9 Å². The quantitative estimate of drug-likeness (QED) is 0.659. The smallest absolute Gasteiger partial charge is 0.315 e. The molecule has 28 heavy (non-hydrogen) atoms. The van der Waals surface area contributed by atoms with Gasteiger partial charge < -0.3 is 20.3 Å². The van der Waals surface area contributed by atoms with Gasteiger partial charge in [-0.25, -0.2) is 4.79 Å². The minimum absolute atomic E-state index is 0.0535. The number of hydrogen-bond donors (Lipinski definition) is 2. The first kappa shape index (κ1) is 22.9. The fourth-order valence-corrected chi connectivity index (χ4v) is 4.17. The third-order valence-corrected chi connectivity index (χ3v) is 5.81. The van der Waals surface area contributed by atoms with E-state index in [1.165, 1.54) is 0 Å². The number of carbonyl (C=O) groups is 2. The van der Waals surface area contributed by atoms with Crippen LogP contribution in [-0.4, -0.2) is 79.8 Å². The van der Waals surface area contributed by atoms with E-state index in [1.54, 1.807) is 0 Å². The van der Waals surface area contributed by atoms with Crippen molar-refractivity contribution in [1.82, 2.24) is 20.4 Å². The third-order valence-electron chi connectivity index (χ3n) is 5.81. The maximum atomic E-state index is 12.5. The number of ether oxygens (including phenoxy) is 1. The number of morpholine rings is 1. The third kappa shape index (κ3) is 7.24. The van der Waals surface area contributed by atoms with Gasteiger partial charge in [-0.2, -0.15) is 0 Å². The van der Waals surface area contributed by atoms with Gasteiger partial charge in [0.25, 0.3) is 0 Å². The lowest BCUT2D eigenvalue weighted by Crippen LogP contribution is -2.52. The highest BCUT2D eigenvalue weighted by molar-refractivity contribution is 5.79. The summed E-state index contributed by atoms with van der Waals surface area (Å²) in [5, 5.41) is 6.02. The summed E-state index contributed by atoms with van der Waals surface area (Å²) in [4.78, 5) is 29.1. The van der Waals surface area contributed by atoms with Crippen molar-refractivity contribution in [2.75, 3.05) is 45.9 Å². The zero-order chi connectivity index (χ0) is 20.5. The molecule has 0 bridgehead atoms. The summed E-state index contributed by atoms with van der Waals surface area (Å²) in [5.41, 5.74) is 0. The van der Waals surface area contributed by atoms with E-state index in [0.29, 0.717) is 12.5 Å². The monoisotopic (exact) mass is 396 g/mol. The molecule has 7 heteroatoms. The Morgan fingerprint density at radius 1 is 1.11 bits per heavy atom. The van der Waals surface area contributed by atoms with E-state index in [2.05, 4.69) is 43.2 Å². The molecule has 162 valence electrons. The maximum Gasteiger partial charge on any atom is 0.315 e. The van der Waals surface area contributed by atoms with E-state index in [1.807, 2.05) is 4.90 Å². The van der Waals surface area contributed by atoms with Crippen LogP contribution in [0.2, 0.25) is 0 Å². The summed E-state index contributed by atoms with van der Waals surface area (Å²) in [7, 11) is 0. The lowest BCUT2D eigenvalue weighted by atomic mass is 9.98. The number of likely N-dealkylation sites (tertiary alicyclic amines) is 1. The molecule has 7 nitrogen and oxygen atoms in total. The number of nitrogens with one attached hydrogen (secondary N) is 2. The Labute approximate surface area is 170 Å². The Bertz CT molecular complexity index is 488. The summed E-state index contributed by atoms with van der Waals surface area (Å²) in [6.45, 7) is 14.2. The molecule has 0 saturated carbocycles. The highest BCUT2D eigenvalue weighted by atomic mass is 16.5. The van der Waals surface area contributed by atoms with Gasteiger partial charge in [-0.1, -0.05) is 27.7 Å². The van der Waals surface area contributed by atoms with Crippen LogP contribution in [0.25, 0.3) is 0 Å². The van der Waals surface area contributed by atoms with Gasteiger partial charge in [-0.15, -0.1) is 0 Å². The van der Waals surface area contributed by atoms with Crippen molar-refractivity contribution in [1.29, 1.82) is 0 Å². The molecule has 3 amide bonds. The SMILES string of the molecule is CCC(CC)C(=O)N1CCC(NC(=O)NCC2CN(CC(C)C)CCO2)CC1. The minimum Gasteiger partial charge on any atom is -0.374 e. The predicted molar refractivity (Wildman–Crippen MR) is 111 cm³/mol. The summed E-state index contributed by atoms with van der Waals surface area (Å²) in [6.07, 6.45) is 3.49. The van der Waals surface area contributed by atoms with Crippen LogP contribution in [0.3, 0.4) is 0 Å². The van der Waals surface area contributed by atoms with Gasteiger partial charge in [-0.3, -0.25) is 9.69 Å². The largest absolute Gasteiger partial charge is 0.374 e. The van der Waals surface area contributed by atoms with Gasteiger partial charge in [-0.05, 0) is 31.6 Å². The molecule has 0 aromatic carbocycles. The minimum atomic E-state index is -0.130. The number of nitrogens with zero attached hydrogens (tertiary/aromatic N) is 2. The van der Waals surface area contributed by atoms with Gasteiger partial charge >= 0.3 is 6.03 Å². The second kappa shape index (κ2) is 11.6. The molecule has 1 unspecified atom stereocenters. The number of piperidine rings is 1. The van der Waals surface area contributed by atoms with Crippen LogP contribution in [0.15, 0.2) is 0 Å². The molecule has 0 aromatic heterocycles. The molecule has 2 heterocycles. The van der Waals surface area contributed by atoms with Crippen molar-refractivity contribution < 1.29 is 14.3 Å². The van der Waals surface area contributed by atoms with E-state index in [9.17, 15) is 9.59 Å². The molecule has 2 rings (SSSR count). The van der Waals surface area contributed by atoms with Crippen molar-refractivity contribution in [3.8, 4) is 0 Å². The lowest BCUT2D eigenvalue weighted by molar-refractivity contribution is -0.136. The maximum absolute atomic E-state index is 12.5. The number of rotatable bonds is 8. The molecule has 2 aliphatic rings. The number of amides is 3. The molecule has 2 saturated heterocycles. The molecule has 0 aliphatic carbocycles. The average molecular weight is 397 g/mol. The molecule has 0 spiro atoms. The normalized spacial score (nSPS) is 21.9. The molecular formula is C21H40N4O3. The molecule has 2 aliphatic heterocycles. The van der Waals surface area contributed by atoms with Crippen molar-refractivity contribution >= 4 is 11.9 Å². The Kier molecular flexibility index (Phi) is 9.51. The molecule has 2 fully saturated rings. The van der Waals surface area contributed by atoms with Crippen LogP contribution in [0.1, 0.15) is 53.4 Å². The van der Waals surface area contributed by atoms with Crippen LogP contribution in [0, 0.1) is 11.8 Å². The van der Waals surface area contributed by atoms with E-state index < -0.39 is 0 Å². The number of urea groups is 1.